The third-order valence-electron chi connectivity index (χ3n) is 1.72. The highest BCUT2D eigenvalue weighted by Gasteiger charge is 2.09. The van der Waals surface area contributed by atoms with Crippen molar-refractivity contribution in [3.63, 3.8) is 0 Å². The lowest BCUT2D eigenvalue weighted by Crippen LogP contribution is -2.34. The Hall–Kier alpha value is -0.610. The smallest absolute Gasteiger partial charge is 0.306 e. The summed E-state index contributed by atoms with van der Waals surface area (Å²) >= 11 is 0. The monoisotopic (exact) mass is 175 g/mol. The molecule has 3 N–H and O–H groups in total. The summed E-state index contributed by atoms with van der Waals surface area (Å²) in [5.41, 5.74) is 0. The molecule has 0 heterocycles. The summed E-state index contributed by atoms with van der Waals surface area (Å²) in [7, 11) is 0. The van der Waals surface area contributed by atoms with Crippen LogP contribution in [-0.4, -0.2) is 34.9 Å². The van der Waals surface area contributed by atoms with Crippen LogP contribution in [0.3, 0.4) is 0 Å². The van der Waals surface area contributed by atoms with Gasteiger partial charge >= 0.3 is 5.97 Å². The van der Waals surface area contributed by atoms with Crippen LogP contribution in [0.1, 0.15) is 26.7 Å². The summed E-state index contributed by atoms with van der Waals surface area (Å²) < 4.78 is 0. The first-order valence-electron chi connectivity index (χ1n) is 4.19. The van der Waals surface area contributed by atoms with Crippen molar-refractivity contribution in [3.8, 4) is 0 Å². The van der Waals surface area contributed by atoms with Crippen LogP contribution < -0.4 is 5.32 Å². The minimum absolute atomic E-state index is 0.191. The molecule has 2 atom stereocenters. The van der Waals surface area contributed by atoms with E-state index in [4.69, 9.17) is 10.2 Å². The molecule has 0 aromatic rings. The van der Waals surface area contributed by atoms with Crippen LogP contribution in [0.5, 0.6) is 0 Å². The number of rotatable bonds is 6. The first kappa shape index (κ1) is 11.4. The van der Waals surface area contributed by atoms with E-state index in [0.29, 0.717) is 12.6 Å². The number of aliphatic hydroxyl groups is 1. The lowest BCUT2D eigenvalue weighted by atomic mass is 10.2. The molecule has 0 fully saturated rings. The van der Waals surface area contributed by atoms with Crippen LogP contribution in [-0.2, 0) is 4.79 Å². The maximum Gasteiger partial charge on any atom is 0.306 e. The molecule has 0 aliphatic carbocycles. The van der Waals surface area contributed by atoms with Crippen LogP contribution >= 0.6 is 0 Å². The zero-order chi connectivity index (χ0) is 9.56. The van der Waals surface area contributed by atoms with Gasteiger partial charge in [-0.1, -0.05) is 6.92 Å². The molecular weight excluding hydrogens is 158 g/mol. The molecule has 0 saturated carbocycles. The summed E-state index contributed by atoms with van der Waals surface area (Å²) in [5.74, 6) is -0.964. The van der Waals surface area contributed by atoms with E-state index in [-0.39, 0.29) is 6.42 Å². The highest BCUT2D eigenvalue weighted by atomic mass is 16.4. The number of carbonyl (C=O) groups is 1. The molecule has 0 amide bonds. The minimum atomic E-state index is -0.964. The molecule has 0 aromatic heterocycles. The van der Waals surface area contributed by atoms with E-state index in [1.807, 2.05) is 13.8 Å². The van der Waals surface area contributed by atoms with Crippen molar-refractivity contribution in [2.75, 3.05) is 6.54 Å². The predicted octanol–water partition coefficient (Wildman–Crippen LogP) is 0.210. The van der Waals surface area contributed by atoms with Gasteiger partial charge in [-0.25, -0.2) is 0 Å². The van der Waals surface area contributed by atoms with Gasteiger partial charge in [-0.05, 0) is 13.3 Å². The Labute approximate surface area is 72.6 Å². The standard InChI is InChI=1S/C8H17NO3/c1-3-6(2)9-5-7(10)4-8(11)12/h6-7,9-10H,3-5H2,1-2H3,(H,11,12). The van der Waals surface area contributed by atoms with Gasteiger partial charge in [0.25, 0.3) is 0 Å². The second-order valence-corrected chi connectivity index (χ2v) is 2.97. The molecule has 0 bridgehead atoms. The van der Waals surface area contributed by atoms with Crippen LogP contribution in [0, 0.1) is 0 Å². The number of carboxylic acids is 1. The maximum atomic E-state index is 10.1. The van der Waals surface area contributed by atoms with Gasteiger partial charge < -0.3 is 15.5 Å². The van der Waals surface area contributed by atoms with E-state index in [9.17, 15) is 4.79 Å². The number of nitrogens with one attached hydrogen (secondary N) is 1. The molecule has 0 aromatic carbocycles. The van der Waals surface area contributed by atoms with Crippen LogP contribution in [0.4, 0.5) is 0 Å². The lowest BCUT2D eigenvalue weighted by Gasteiger charge is -2.13. The van der Waals surface area contributed by atoms with E-state index in [1.165, 1.54) is 0 Å². The second-order valence-electron chi connectivity index (χ2n) is 2.97. The predicted molar refractivity (Wildman–Crippen MR) is 46.0 cm³/mol. The highest BCUT2D eigenvalue weighted by molar-refractivity contribution is 5.67. The van der Waals surface area contributed by atoms with Crippen molar-refractivity contribution in [2.45, 2.75) is 38.8 Å². The van der Waals surface area contributed by atoms with Crippen molar-refractivity contribution >= 4 is 5.97 Å². The Kier molecular flexibility index (Phi) is 5.66. The van der Waals surface area contributed by atoms with E-state index in [2.05, 4.69) is 5.32 Å². The number of carboxylic acid groups (broad SMARTS) is 1. The maximum absolute atomic E-state index is 10.1. The quantitative estimate of drug-likeness (QED) is 0.539. The second kappa shape index (κ2) is 5.97. The SMILES string of the molecule is CCC(C)NCC(O)CC(=O)O. The van der Waals surface area contributed by atoms with Crippen molar-refractivity contribution in [3.05, 3.63) is 0 Å². The third kappa shape index (κ3) is 6.12. The molecule has 12 heavy (non-hydrogen) atoms. The van der Waals surface area contributed by atoms with Gasteiger partial charge in [-0.15, -0.1) is 0 Å². The zero-order valence-corrected chi connectivity index (χ0v) is 7.58. The summed E-state index contributed by atoms with van der Waals surface area (Å²) in [6.07, 6.45) is -0.0000406. The van der Waals surface area contributed by atoms with Crippen molar-refractivity contribution in [1.82, 2.24) is 5.32 Å². The first-order chi connectivity index (χ1) is 5.56. The van der Waals surface area contributed by atoms with Crippen LogP contribution in [0.25, 0.3) is 0 Å². The Morgan fingerprint density at radius 3 is 2.58 bits per heavy atom. The van der Waals surface area contributed by atoms with Gasteiger partial charge in [0.15, 0.2) is 0 Å². The fourth-order valence-electron chi connectivity index (χ4n) is 0.755. The van der Waals surface area contributed by atoms with E-state index < -0.39 is 12.1 Å². The zero-order valence-electron chi connectivity index (χ0n) is 7.58. The Morgan fingerprint density at radius 2 is 2.17 bits per heavy atom. The van der Waals surface area contributed by atoms with Gasteiger partial charge in [-0.3, -0.25) is 4.79 Å². The van der Waals surface area contributed by atoms with Crippen molar-refractivity contribution < 1.29 is 15.0 Å². The molecule has 0 aliphatic heterocycles. The van der Waals surface area contributed by atoms with Gasteiger partial charge in [0.05, 0.1) is 12.5 Å². The van der Waals surface area contributed by atoms with E-state index in [0.717, 1.165) is 6.42 Å². The molecule has 72 valence electrons. The largest absolute Gasteiger partial charge is 0.481 e. The number of hydrogen-bond acceptors (Lipinski definition) is 3. The van der Waals surface area contributed by atoms with Gasteiger partial charge in [0, 0.05) is 12.6 Å². The van der Waals surface area contributed by atoms with Gasteiger partial charge in [-0.2, -0.15) is 0 Å². The summed E-state index contributed by atoms with van der Waals surface area (Å²) in [6, 6.07) is 0.327. The summed E-state index contributed by atoms with van der Waals surface area (Å²) in [5, 5.41) is 20.5. The highest BCUT2D eigenvalue weighted by Crippen LogP contribution is 1.92. The molecular formula is C8H17NO3. The van der Waals surface area contributed by atoms with Crippen molar-refractivity contribution in [2.24, 2.45) is 0 Å². The third-order valence-corrected chi connectivity index (χ3v) is 1.72. The van der Waals surface area contributed by atoms with Gasteiger partial charge in [0.1, 0.15) is 0 Å². The number of aliphatic carboxylic acids is 1. The first-order valence-corrected chi connectivity index (χ1v) is 4.19. The Morgan fingerprint density at radius 1 is 1.58 bits per heavy atom. The Bertz CT molecular complexity index is 138. The molecule has 0 rings (SSSR count). The van der Waals surface area contributed by atoms with Crippen LogP contribution in [0.15, 0.2) is 0 Å². The molecule has 0 radical (unpaired) electrons. The summed E-state index contributed by atoms with van der Waals surface area (Å²) in [4.78, 5) is 10.1. The van der Waals surface area contributed by atoms with E-state index >= 15 is 0 Å². The Balaban J connectivity index is 3.43. The average Bonchev–Trinajstić information content (AvgIpc) is 1.99. The normalized spacial score (nSPS) is 15.6. The minimum Gasteiger partial charge on any atom is -0.481 e. The molecule has 4 heteroatoms. The van der Waals surface area contributed by atoms with E-state index in [1.54, 1.807) is 0 Å². The van der Waals surface area contributed by atoms with Crippen molar-refractivity contribution in [1.29, 1.82) is 0 Å². The summed E-state index contributed by atoms with van der Waals surface area (Å²) in [6.45, 7) is 4.37. The van der Waals surface area contributed by atoms with Crippen LogP contribution in [0.2, 0.25) is 0 Å². The fourth-order valence-corrected chi connectivity index (χ4v) is 0.755. The lowest BCUT2D eigenvalue weighted by molar-refractivity contribution is -0.139. The fraction of sp³-hybridized carbons (Fsp3) is 0.875. The molecule has 0 saturated heterocycles. The number of hydrogen-bond donors (Lipinski definition) is 3. The molecule has 0 spiro atoms. The molecule has 2 unspecified atom stereocenters. The topological polar surface area (TPSA) is 69.6 Å². The average molecular weight is 175 g/mol. The molecule has 4 nitrogen and oxygen atoms in total. The van der Waals surface area contributed by atoms with Gasteiger partial charge in [0.2, 0.25) is 0 Å². The molecule has 0 aliphatic rings. The number of aliphatic hydroxyl groups excluding tert-OH is 1.